The van der Waals surface area contributed by atoms with Crippen LogP contribution < -0.4 is 0 Å². The third-order valence-corrected chi connectivity index (χ3v) is 6.91. The minimum Gasteiger partial charge on any atom is -0.481 e. The number of aliphatic carboxylic acids is 1. The summed E-state index contributed by atoms with van der Waals surface area (Å²) in [5.74, 6) is -1.07. The van der Waals surface area contributed by atoms with E-state index in [2.05, 4.69) is 35.2 Å². The van der Waals surface area contributed by atoms with Gasteiger partial charge in [-0.15, -0.1) is 0 Å². The van der Waals surface area contributed by atoms with Gasteiger partial charge in [0.2, 0.25) is 5.91 Å². The van der Waals surface area contributed by atoms with E-state index in [0.717, 1.165) is 51.7 Å². The Kier molecular flexibility index (Phi) is 5.54. The van der Waals surface area contributed by atoms with Crippen LogP contribution in [0.2, 0.25) is 0 Å². The highest BCUT2D eigenvalue weighted by molar-refractivity contribution is 5.81. The van der Waals surface area contributed by atoms with Crippen molar-refractivity contribution in [3.63, 3.8) is 0 Å². The fourth-order valence-corrected chi connectivity index (χ4v) is 5.21. The first-order valence-corrected chi connectivity index (χ1v) is 10.5. The molecule has 150 valence electrons. The normalized spacial score (nSPS) is 24.5. The summed E-state index contributed by atoms with van der Waals surface area (Å²) in [6, 6.07) is 10.4. The van der Waals surface area contributed by atoms with E-state index in [1.165, 1.54) is 11.1 Å². The molecule has 1 atom stereocenters. The molecule has 2 saturated heterocycles. The first kappa shape index (κ1) is 19.2. The van der Waals surface area contributed by atoms with Gasteiger partial charge in [0.25, 0.3) is 0 Å². The van der Waals surface area contributed by atoms with Crippen LogP contribution in [0.15, 0.2) is 42.0 Å². The van der Waals surface area contributed by atoms with Gasteiger partial charge in [-0.05, 0) is 50.8 Å². The highest BCUT2D eigenvalue weighted by Crippen LogP contribution is 2.45. The maximum absolute atomic E-state index is 12.8. The van der Waals surface area contributed by atoms with Gasteiger partial charge in [-0.1, -0.05) is 42.0 Å². The Hall–Kier alpha value is -2.14. The van der Waals surface area contributed by atoms with Gasteiger partial charge in [0.15, 0.2) is 0 Å². The van der Waals surface area contributed by atoms with E-state index in [1.54, 1.807) is 0 Å². The molecular formula is C23H30N2O3. The molecule has 1 spiro atoms. The summed E-state index contributed by atoms with van der Waals surface area (Å²) >= 11 is 0. The molecule has 0 saturated carbocycles. The monoisotopic (exact) mass is 382 g/mol. The van der Waals surface area contributed by atoms with Gasteiger partial charge in [-0.25, -0.2) is 0 Å². The molecule has 0 radical (unpaired) electrons. The highest BCUT2D eigenvalue weighted by Gasteiger charge is 2.52. The first-order chi connectivity index (χ1) is 13.6. The first-order valence-electron chi connectivity index (χ1n) is 10.5. The topological polar surface area (TPSA) is 60.9 Å². The standard InChI is InChI=1S/C23H30N2O3/c26-21(14-18-6-4-5-7-18)25-16-20(22(27)28)23(17-25)10-12-24(13-11-23)15-19-8-2-1-3-9-19/h1-3,6,8-9,20H,4-5,7,10-17H2,(H,27,28). The van der Waals surface area contributed by atoms with Gasteiger partial charge in [0.1, 0.15) is 0 Å². The molecule has 1 aromatic carbocycles. The Balaban J connectivity index is 1.39. The van der Waals surface area contributed by atoms with Gasteiger partial charge in [0.05, 0.1) is 5.92 Å². The highest BCUT2D eigenvalue weighted by atomic mass is 16.4. The summed E-state index contributed by atoms with van der Waals surface area (Å²) < 4.78 is 0. The van der Waals surface area contributed by atoms with E-state index in [1.807, 2.05) is 11.0 Å². The number of carbonyl (C=O) groups excluding carboxylic acids is 1. The third kappa shape index (κ3) is 4.00. The number of hydrogen-bond acceptors (Lipinski definition) is 3. The molecule has 1 aliphatic carbocycles. The lowest BCUT2D eigenvalue weighted by atomic mass is 9.71. The number of allylic oxidation sites excluding steroid dienone is 1. The number of likely N-dealkylation sites (tertiary alicyclic amines) is 2. The molecule has 2 fully saturated rings. The predicted octanol–water partition coefficient (Wildman–Crippen LogP) is 3.31. The average molecular weight is 383 g/mol. The Morgan fingerprint density at radius 3 is 2.54 bits per heavy atom. The second-order valence-corrected chi connectivity index (χ2v) is 8.72. The Bertz CT molecular complexity index is 750. The van der Waals surface area contributed by atoms with Crippen LogP contribution >= 0.6 is 0 Å². The lowest BCUT2D eigenvalue weighted by Gasteiger charge is -2.41. The molecule has 0 aromatic heterocycles. The average Bonchev–Trinajstić information content (AvgIpc) is 3.33. The zero-order valence-electron chi connectivity index (χ0n) is 16.5. The van der Waals surface area contributed by atoms with Gasteiger partial charge in [-0.3, -0.25) is 14.5 Å². The van der Waals surface area contributed by atoms with Crippen LogP contribution in [0.5, 0.6) is 0 Å². The molecular weight excluding hydrogens is 352 g/mol. The van der Waals surface area contributed by atoms with Crippen LogP contribution in [0.4, 0.5) is 0 Å². The second-order valence-electron chi connectivity index (χ2n) is 8.72. The molecule has 1 N–H and O–H groups in total. The molecule has 1 amide bonds. The van der Waals surface area contributed by atoms with E-state index in [9.17, 15) is 14.7 Å². The van der Waals surface area contributed by atoms with Crippen molar-refractivity contribution >= 4 is 11.9 Å². The van der Waals surface area contributed by atoms with Gasteiger partial charge >= 0.3 is 5.97 Å². The summed E-state index contributed by atoms with van der Waals surface area (Å²) in [5.41, 5.74) is 2.26. The molecule has 3 aliphatic rings. The van der Waals surface area contributed by atoms with Crippen LogP contribution in [0.25, 0.3) is 0 Å². The summed E-state index contributed by atoms with van der Waals surface area (Å²) in [6.45, 7) is 3.68. The molecule has 5 nitrogen and oxygen atoms in total. The smallest absolute Gasteiger partial charge is 0.308 e. The fraction of sp³-hybridized carbons (Fsp3) is 0.565. The van der Waals surface area contributed by atoms with Crippen LogP contribution in [-0.4, -0.2) is 53.0 Å². The number of amides is 1. The lowest BCUT2D eigenvalue weighted by Crippen LogP contribution is -2.46. The predicted molar refractivity (Wildman–Crippen MR) is 108 cm³/mol. The number of piperidine rings is 1. The number of rotatable bonds is 5. The van der Waals surface area contributed by atoms with Crippen molar-refractivity contribution in [3.8, 4) is 0 Å². The van der Waals surface area contributed by atoms with E-state index >= 15 is 0 Å². The van der Waals surface area contributed by atoms with E-state index in [4.69, 9.17) is 0 Å². The van der Waals surface area contributed by atoms with Crippen molar-refractivity contribution in [1.29, 1.82) is 0 Å². The third-order valence-electron chi connectivity index (χ3n) is 6.91. The van der Waals surface area contributed by atoms with Crippen molar-refractivity contribution in [3.05, 3.63) is 47.5 Å². The molecule has 28 heavy (non-hydrogen) atoms. The van der Waals surface area contributed by atoms with Crippen LogP contribution in [0, 0.1) is 11.3 Å². The number of benzene rings is 1. The number of carboxylic acids is 1. The maximum atomic E-state index is 12.8. The van der Waals surface area contributed by atoms with Crippen molar-refractivity contribution in [2.75, 3.05) is 26.2 Å². The van der Waals surface area contributed by atoms with Crippen LogP contribution in [0.3, 0.4) is 0 Å². The largest absolute Gasteiger partial charge is 0.481 e. The Labute approximate surface area is 167 Å². The molecule has 1 unspecified atom stereocenters. The van der Waals surface area contributed by atoms with Crippen LogP contribution in [0.1, 0.15) is 44.1 Å². The molecule has 2 aliphatic heterocycles. The molecule has 0 bridgehead atoms. The minimum atomic E-state index is -0.744. The quantitative estimate of drug-likeness (QED) is 0.794. The number of carboxylic acid groups (broad SMARTS) is 1. The minimum absolute atomic E-state index is 0.114. The lowest BCUT2D eigenvalue weighted by molar-refractivity contribution is -0.145. The Morgan fingerprint density at radius 1 is 1.14 bits per heavy atom. The summed E-state index contributed by atoms with van der Waals surface area (Å²) in [5, 5.41) is 9.85. The van der Waals surface area contributed by atoms with E-state index in [-0.39, 0.29) is 11.3 Å². The van der Waals surface area contributed by atoms with E-state index in [0.29, 0.717) is 19.5 Å². The van der Waals surface area contributed by atoms with Crippen molar-refractivity contribution in [1.82, 2.24) is 9.80 Å². The second kappa shape index (κ2) is 8.08. The molecule has 2 heterocycles. The maximum Gasteiger partial charge on any atom is 0.308 e. The number of carbonyl (C=O) groups is 2. The SMILES string of the molecule is O=C(O)C1CN(C(=O)CC2=CCCC2)CC12CCN(Cc1ccccc1)CC2. The van der Waals surface area contributed by atoms with Crippen LogP contribution in [-0.2, 0) is 16.1 Å². The molecule has 4 rings (SSSR count). The summed E-state index contributed by atoms with van der Waals surface area (Å²) in [7, 11) is 0. The summed E-state index contributed by atoms with van der Waals surface area (Å²) in [6.07, 6.45) is 7.58. The number of hydrogen-bond donors (Lipinski definition) is 1. The number of nitrogens with zero attached hydrogens (tertiary/aromatic N) is 2. The fourth-order valence-electron chi connectivity index (χ4n) is 5.21. The zero-order chi connectivity index (χ0) is 19.6. The van der Waals surface area contributed by atoms with E-state index < -0.39 is 11.9 Å². The van der Waals surface area contributed by atoms with Gasteiger partial charge in [-0.2, -0.15) is 0 Å². The van der Waals surface area contributed by atoms with Gasteiger partial charge in [0, 0.05) is 31.5 Å². The zero-order valence-corrected chi connectivity index (χ0v) is 16.5. The molecule has 5 heteroatoms. The Morgan fingerprint density at radius 2 is 1.89 bits per heavy atom. The molecule has 1 aromatic rings. The van der Waals surface area contributed by atoms with Crippen molar-refractivity contribution < 1.29 is 14.7 Å². The van der Waals surface area contributed by atoms with Gasteiger partial charge < -0.3 is 10.0 Å². The summed E-state index contributed by atoms with van der Waals surface area (Å²) in [4.78, 5) is 29.0. The van der Waals surface area contributed by atoms with Crippen molar-refractivity contribution in [2.24, 2.45) is 11.3 Å². The van der Waals surface area contributed by atoms with Crippen molar-refractivity contribution in [2.45, 2.75) is 45.1 Å².